The largest absolute Gasteiger partial charge is 0.483 e. The number of allylic oxidation sites excluding steroid dienone is 2. The maximum absolute atomic E-state index is 12.7. The number of para-hydroxylation sites is 1. The van der Waals surface area contributed by atoms with Gasteiger partial charge in [0, 0.05) is 6.21 Å². The van der Waals surface area contributed by atoms with Crippen molar-refractivity contribution in [3.8, 4) is 5.75 Å². The highest BCUT2D eigenvalue weighted by atomic mass is 16.5. The Balaban J connectivity index is 2.49. The average Bonchev–Trinajstić information content (AvgIpc) is 2.79. The number of benzene rings is 1. The van der Waals surface area contributed by atoms with Gasteiger partial charge in [-0.05, 0) is 70.4 Å². The lowest BCUT2D eigenvalue weighted by Crippen LogP contribution is -2.25. The number of esters is 1. The van der Waals surface area contributed by atoms with E-state index in [2.05, 4.69) is 44.3 Å². The number of hydrazone groups is 1. The van der Waals surface area contributed by atoms with Crippen LogP contribution in [0, 0.1) is 5.92 Å². The highest BCUT2D eigenvalue weighted by Gasteiger charge is 2.18. The molecule has 0 aliphatic carbocycles. The first-order valence-corrected chi connectivity index (χ1v) is 12.2. The van der Waals surface area contributed by atoms with E-state index in [4.69, 9.17) is 9.47 Å². The van der Waals surface area contributed by atoms with Crippen molar-refractivity contribution in [2.75, 3.05) is 6.61 Å². The summed E-state index contributed by atoms with van der Waals surface area (Å²) in [5.74, 6) is 0.0225. The van der Waals surface area contributed by atoms with Gasteiger partial charge in [-0.15, -0.1) is 0 Å². The number of nitrogens with one attached hydrogen (secondary N) is 1. The van der Waals surface area contributed by atoms with Crippen molar-refractivity contribution in [3.63, 3.8) is 0 Å². The summed E-state index contributed by atoms with van der Waals surface area (Å²) in [5.41, 5.74) is 4.13. The van der Waals surface area contributed by atoms with Crippen LogP contribution in [0.5, 0.6) is 5.75 Å². The number of hydrogen-bond acceptors (Lipinski definition) is 5. The molecule has 0 fully saturated rings. The van der Waals surface area contributed by atoms with E-state index >= 15 is 0 Å². The zero-order chi connectivity index (χ0) is 24.5. The first-order chi connectivity index (χ1) is 15.9. The summed E-state index contributed by atoms with van der Waals surface area (Å²) in [6, 6.07) is 6.84. The van der Waals surface area contributed by atoms with E-state index in [1.807, 2.05) is 6.92 Å². The van der Waals surface area contributed by atoms with E-state index < -0.39 is 5.97 Å². The van der Waals surface area contributed by atoms with Crippen LogP contribution >= 0.6 is 0 Å². The zero-order valence-electron chi connectivity index (χ0n) is 21.1. The standard InChI is InChI=1S/C27H42N2O4/c1-6-8-9-15-23(7-2)33-27(31)24-16-10-11-17-25(24)32-20-26(30)29-28-19-18-22(5)14-12-13-21(3)4/h10-11,13,16-17,19,22-23H,6-9,12,14-15,18,20H2,1-5H3,(H,29,30). The number of unbranched alkanes of at least 4 members (excludes halogenated alkanes) is 2. The molecule has 1 N–H and O–H groups in total. The minimum absolute atomic E-state index is 0.112. The first kappa shape index (κ1) is 28.4. The second-order valence-electron chi connectivity index (χ2n) is 8.76. The Kier molecular flexibility index (Phi) is 14.6. The van der Waals surface area contributed by atoms with Crippen LogP contribution in [0.25, 0.3) is 0 Å². The summed E-state index contributed by atoms with van der Waals surface area (Å²) in [6.45, 7) is 10.3. The van der Waals surface area contributed by atoms with Gasteiger partial charge in [0.25, 0.3) is 5.91 Å². The number of carbonyl (C=O) groups is 2. The van der Waals surface area contributed by atoms with Gasteiger partial charge >= 0.3 is 5.97 Å². The van der Waals surface area contributed by atoms with Crippen LogP contribution in [0.15, 0.2) is 41.0 Å². The Morgan fingerprint density at radius 3 is 2.58 bits per heavy atom. The van der Waals surface area contributed by atoms with Crippen LogP contribution in [0.4, 0.5) is 0 Å². The molecule has 1 amide bonds. The summed E-state index contributed by atoms with van der Waals surface area (Å²) >= 11 is 0. The van der Waals surface area contributed by atoms with E-state index in [-0.39, 0.29) is 18.6 Å². The molecule has 6 nitrogen and oxygen atoms in total. The number of hydrogen-bond donors (Lipinski definition) is 1. The van der Waals surface area contributed by atoms with Crippen molar-refractivity contribution in [1.82, 2.24) is 5.43 Å². The second kappa shape index (κ2) is 16.9. The number of rotatable bonds is 16. The van der Waals surface area contributed by atoms with Gasteiger partial charge in [0.05, 0.1) is 0 Å². The molecule has 0 radical (unpaired) electrons. The van der Waals surface area contributed by atoms with Crippen molar-refractivity contribution in [2.24, 2.45) is 11.0 Å². The topological polar surface area (TPSA) is 77.0 Å². The van der Waals surface area contributed by atoms with Crippen LogP contribution in [0.2, 0.25) is 0 Å². The third-order valence-corrected chi connectivity index (χ3v) is 5.32. The number of carbonyl (C=O) groups excluding carboxylic acids is 2. The molecule has 0 saturated carbocycles. The predicted molar refractivity (Wildman–Crippen MR) is 135 cm³/mol. The van der Waals surface area contributed by atoms with Crippen molar-refractivity contribution < 1.29 is 19.1 Å². The van der Waals surface area contributed by atoms with Crippen molar-refractivity contribution in [2.45, 2.75) is 92.1 Å². The lowest BCUT2D eigenvalue weighted by atomic mass is 10.0. The third-order valence-electron chi connectivity index (χ3n) is 5.32. The lowest BCUT2D eigenvalue weighted by molar-refractivity contribution is -0.123. The van der Waals surface area contributed by atoms with Gasteiger partial charge in [0.1, 0.15) is 17.4 Å². The van der Waals surface area contributed by atoms with Gasteiger partial charge in [-0.3, -0.25) is 4.79 Å². The molecule has 33 heavy (non-hydrogen) atoms. The van der Waals surface area contributed by atoms with Crippen LogP contribution < -0.4 is 10.2 Å². The van der Waals surface area contributed by atoms with Gasteiger partial charge in [-0.2, -0.15) is 5.10 Å². The van der Waals surface area contributed by atoms with Gasteiger partial charge in [-0.1, -0.05) is 57.4 Å². The molecule has 0 heterocycles. The molecule has 1 aromatic carbocycles. The molecule has 0 spiro atoms. The number of amides is 1. The average molecular weight is 459 g/mol. The smallest absolute Gasteiger partial charge is 0.342 e. The van der Waals surface area contributed by atoms with E-state index in [1.54, 1.807) is 30.5 Å². The molecule has 0 aliphatic heterocycles. The minimum atomic E-state index is -0.422. The minimum Gasteiger partial charge on any atom is -0.483 e. The maximum atomic E-state index is 12.7. The normalized spacial score (nSPS) is 12.8. The lowest BCUT2D eigenvalue weighted by Gasteiger charge is -2.17. The third kappa shape index (κ3) is 12.9. The van der Waals surface area contributed by atoms with E-state index in [0.717, 1.165) is 51.4 Å². The molecule has 2 unspecified atom stereocenters. The molecule has 6 heteroatoms. The second-order valence-corrected chi connectivity index (χ2v) is 8.76. The molecular weight excluding hydrogens is 416 g/mol. The zero-order valence-corrected chi connectivity index (χ0v) is 21.1. The first-order valence-electron chi connectivity index (χ1n) is 12.2. The Morgan fingerprint density at radius 1 is 1.12 bits per heavy atom. The Morgan fingerprint density at radius 2 is 1.88 bits per heavy atom. The Labute approximate surface area is 199 Å². The highest BCUT2D eigenvalue weighted by Crippen LogP contribution is 2.21. The van der Waals surface area contributed by atoms with Crippen LogP contribution in [-0.2, 0) is 9.53 Å². The van der Waals surface area contributed by atoms with Gasteiger partial charge < -0.3 is 9.47 Å². The molecule has 0 aromatic heterocycles. The number of nitrogens with zero attached hydrogens (tertiary/aromatic N) is 1. The molecule has 0 aliphatic rings. The van der Waals surface area contributed by atoms with Crippen molar-refractivity contribution in [1.29, 1.82) is 0 Å². The molecule has 0 bridgehead atoms. The Hall–Kier alpha value is -2.63. The molecule has 184 valence electrons. The summed E-state index contributed by atoms with van der Waals surface area (Å²) in [5, 5.41) is 4.00. The van der Waals surface area contributed by atoms with Crippen LogP contribution in [0.1, 0.15) is 96.3 Å². The molecule has 2 atom stereocenters. The van der Waals surface area contributed by atoms with E-state index in [0.29, 0.717) is 17.2 Å². The highest BCUT2D eigenvalue weighted by molar-refractivity contribution is 5.92. The van der Waals surface area contributed by atoms with Crippen LogP contribution in [-0.4, -0.2) is 30.8 Å². The quantitative estimate of drug-likeness (QED) is 0.101. The monoisotopic (exact) mass is 458 g/mol. The maximum Gasteiger partial charge on any atom is 0.342 e. The molecule has 1 rings (SSSR count). The molecule has 0 saturated heterocycles. The molecule has 1 aromatic rings. The van der Waals surface area contributed by atoms with Crippen LogP contribution in [0.3, 0.4) is 0 Å². The van der Waals surface area contributed by atoms with Gasteiger partial charge in [0.2, 0.25) is 0 Å². The fourth-order valence-corrected chi connectivity index (χ4v) is 3.24. The van der Waals surface area contributed by atoms with Gasteiger partial charge in [0.15, 0.2) is 6.61 Å². The Bertz CT molecular complexity index is 769. The van der Waals surface area contributed by atoms with Crippen molar-refractivity contribution >= 4 is 18.1 Å². The van der Waals surface area contributed by atoms with E-state index in [9.17, 15) is 9.59 Å². The van der Waals surface area contributed by atoms with E-state index in [1.165, 1.54) is 5.57 Å². The fourth-order valence-electron chi connectivity index (χ4n) is 3.24. The summed E-state index contributed by atoms with van der Waals surface area (Å²) < 4.78 is 11.3. The predicted octanol–water partition coefficient (Wildman–Crippen LogP) is 6.46. The number of ether oxygens (including phenoxy) is 2. The SMILES string of the molecule is CCCCCC(CC)OC(=O)c1ccccc1OCC(=O)NN=CCC(C)CCC=C(C)C. The summed E-state index contributed by atoms with van der Waals surface area (Å²) in [6.07, 6.45) is 11.7. The fraction of sp³-hybridized carbons (Fsp3) is 0.593. The van der Waals surface area contributed by atoms with Crippen molar-refractivity contribution in [3.05, 3.63) is 41.5 Å². The summed E-state index contributed by atoms with van der Waals surface area (Å²) in [7, 11) is 0. The van der Waals surface area contributed by atoms with Gasteiger partial charge in [-0.25, -0.2) is 10.2 Å². The molecular formula is C27H42N2O4. The summed E-state index contributed by atoms with van der Waals surface area (Å²) in [4.78, 5) is 24.8.